The second kappa shape index (κ2) is 9.25. The van der Waals surface area contributed by atoms with Crippen molar-refractivity contribution in [1.82, 2.24) is 9.88 Å². The van der Waals surface area contributed by atoms with Crippen LogP contribution < -0.4 is 15.8 Å². The molecular formula is C21H21BrF6N4O2. The Balaban J connectivity index is 2.09. The number of nitrogens with one attached hydrogen (secondary N) is 2. The van der Waals surface area contributed by atoms with Crippen LogP contribution in [-0.2, 0) is 12.4 Å². The average Bonchev–Trinajstić information content (AvgIpc) is 2.70. The normalized spacial score (nSPS) is 19.9. The number of hydrogen-bond donors (Lipinski definition) is 2. The summed E-state index contributed by atoms with van der Waals surface area (Å²) in [5.41, 5.74) is -4.44. The number of anilines is 2. The number of pyridine rings is 1. The molecule has 2 heterocycles. The highest BCUT2D eigenvalue weighted by Gasteiger charge is 2.38. The number of rotatable bonds is 3. The smallest absolute Gasteiger partial charge is 0.367 e. The molecule has 186 valence electrons. The number of piperazine rings is 1. The van der Waals surface area contributed by atoms with E-state index in [0.29, 0.717) is 19.3 Å². The fourth-order valence-corrected chi connectivity index (χ4v) is 4.39. The van der Waals surface area contributed by atoms with Gasteiger partial charge in [0, 0.05) is 41.9 Å². The number of alkyl halides is 6. The van der Waals surface area contributed by atoms with Gasteiger partial charge in [-0.1, -0.05) is 15.9 Å². The maximum absolute atomic E-state index is 13.6. The number of halogens is 7. The van der Waals surface area contributed by atoms with Crippen molar-refractivity contribution in [3.8, 4) is 0 Å². The first-order valence-electron chi connectivity index (χ1n) is 10.1. The van der Waals surface area contributed by atoms with E-state index in [4.69, 9.17) is 0 Å². The van der Waals surface area contributed by atoms with Crippen molar-refractivity contribution in [3.63, 3.8) is 0 Å². The Hall–Kier alpha value is -2.54. The fourth-order valence-electron chi connectivity index (χ4n) is 3.83. The molecule has 1 aliphatic rings. The number of carbonyl (C=O) groups excluding carboxylic acids is 1. The van der Waals surface area contributed by atoms with E-state index in [1.54, 1.807) is 4.90 Å². The third-order valence-corrected chi connectivity index (χ3v) is 6.47. The van der Waals surface area contributed by atoms with Gasteiger partial charge in [-0.05, 0) is 33.0 Å². The Morgan fingerprint density at radius 2 is 1.59 bits per heavy atom. The van der Waals surface area contributed by atoms with Gasteiger partial charge in [0.2, 0.25) is 5.56 Å². The Labute approximate surface area is 199 Å². The number of nitrogens with zero attached hydrogens (tertiary/aromatic N) is 2. The molecule has 6 nitrogen and oxygen atoms in total. The molecule has 34 heavy (non-hydrogen) atoms. The minimum absolute atomic E-state index is 0.0219. The van der Waals surface area contributed by atoms with E-state index in [1.165, 1.54) is 0 Å². The minimum Gasteiger partial charge on any atom is -0.367 e. The minimum atomic E-state index is -4.99. The van der Waals surface area contributed by atoms with Gasteiger partial charge in [0.1, 0.15) is 0 Å². The summed E-state index contributed by atoms with van der Waals surface area (Å²) in [7, 11) is 1.88. The van der Waals surface area contributed by atoms with Gasteiger partial charge in [0.05, 0.1) is 28.1 Å². The summed E-state index contributed by atoms with van der Waals surface area (Å²) >= 11 is 2.85. The molecule has 2 N–H and O–H groups in total. The summed E-state index contributed by atoms with van der Waals surface area (Å²) in [4.78, 5) is 29.9. The van der Waals surface area contributed by atoms with Gasteiger partial charge in [-0.25, -0.2) is 0 Å². The Morgan fingerprint density at radius 3 is 2.12 bits per heavy atom. The van der Waals surface area contributed by atoms with Gasteiger partial charge in [0.25, 0.3) is 5.91 Å². The molecule has 0 bridgehead atoms. The molecule has 0 aliphatic carbocycles. The lowest BCUT2D eigenvalue weighted by Crippen LogP contribution is -2.55. The number of benzene rings is 1. The van der Waals surface area contributed by atoms with Crippen molar-refractivity contribution in [2.24, 2.45) is 0 Å². The van der Waals surface area contributed by atoms with Crippen LogP contribution in [0.3, 0.4) is 0 Å². The SMILES string of the molecule is C[C@@H]1CN(c2cc(C(F)(F)F)c(Br)cc2NC(=O)c2c[nH]c(=O)cc2C(F)(F)F)C[C@H](C)N1C. The number of carbonyl (C=O) groups is 1. The highest BCUT2D eigenvalue weighted by atomic mass is 79.9. The summed E-state index contributed by atoms with van der Waals surface area (Å²) in [6.45, 7) is 4.44. The van der Waals surface area contributed by atoms with Crippen LogP contribution in [0.4, 0.5) is 37.7 Å². The van der Waals surface area contributed by atoms with Gasteiger partial charge >= 0.3 is 12.4 Å². The first kappa shape index (κ1) is 26.1. The average molecular weight is 555 g/mol. The first-order valence-corrected chi connectivity index (χ1v) is 10.9. The lowest BCUT2D eigenvalue weighted by Gasteiger charge is -2.44. The largest absolute Gasteiger partial charge is 0.417 e. The third kappa shape index (κ3) is 5.40. The van der Waals surface area contributed by atoms with Gasteiger partial charge in [-0.2, -0.15) is 26.3 Å². The fraction of sp³-hybridized carbons (Fsp3) is 0.429. The molecule has 1 amide bonds. The quantitative estimate of drug-likeness (QED) is 0.526. The zero-order chi connectivity index (χ0) is 25.6. The molecule has 1 aliphatic heterocycles. The number of aromatic nitrogens is 1. The van der Waals surface area contributed by atoms with Crippen LogP contribution in [0, 0.1) is 0 Å². The van der Waals surface area contributed by atoms with Crippen molar-refractivity contribution in [1.29, 1.82) is 0 Å². The standard InChI is InChI=1S/C21H21BrF6N4O2/c1-10-8-32(9-11(2)31(10)3)17-4-14(21(26,27)28)15(22)6-16(17)30-19(34)12-7-29-18(33)5-13(12)20(23,24)25/h4-7,10-11H,8-9H2,1-3H3,(H,29,33)(H,30,34)/t10-,11+. The molecule has 0 unspecified atom stereocenters. The number of H-pyrrole nitrogens is 1. The van der Waals surface area contributed by atoms with Crippen molar-refractivity contribution >= 4 is 33.2 Å². The Kier molecular flexibility index (Phi) is 7.09. The molecule has 2 aromatic rings. The van der Waals surface area contributed by atoms with Crippen LogP contribution in [0.1, 0.15) is 35.3 Å². The maximum atomic E-state index is 13.6. The van der Waals surface area contributed by atoms with E-state index in [-0.39, 0.29) is 34.0 Å². The summed E-state index contributed by atoms with van der Waals surface area (Å²) in [5, 5.41) is 2.30. The monoisotopic (exact) mass is 554 g/mol. The molecule has 1 aromatic heterocycles. The number of aromatic amines is 1. The highest BCUT2D eigenvalue weighted by molar-refractivity contribution is 9.10. The summed E-state index contributed by atoms with van der Waals surface area (Å²) in [5.74, 6) is -1.23. The van der Waals surface area contributed by atoms with E-state index < -0.39 is 40.5 Å². The van der Waals surface area contributed by atoms with Crippen molar-refractivity contribution < 1.29 is 31.1 Å². The summed E-state index contributed by atoms with van der Waals surface area (Å²) in [6, 6.07) is 2.05. The summed E-state index contributed by atoms with van der Waals surface area (Å²) in [6.07, 6.45) is -9.07. The topological polar surface area (TPSA) is 68.4 Å². The van der Waals surface area contributed by atoms with Crippen LogP contribution in [0.25, 0.3) is 0 Å². The van der Waals surface area contributed by atoms with Crippen molar-refractivity contribution in [3.05, 3.63) is 55.9 Å². The highest BCUT2D eigenvalue weighted by Crippen LogP contribution is 2.42. The molecule has 0 spiro atoms. The predicted molar refractivity (Wildman–Crippen MR) is 118 cm³/mol. The number of likely N-dealkylation sites (N-methyl/N-ethyl adjacent to an activating group) is 1. The molecular weight excluding hydrogens is 534 g/mol. The molecule has 1 fully saturated rings. The molecule has 3 rings (SSSR count). The Morgan fingerprint density at radius 1 is 1.03 bits per heavy atom. The Bertz CT molecular complexity index is 1140. The van der Waals surface area contributed by atoms with Crippen LogP contribution in [-0.4, -0.2) is 48.0 Å². The summed E-state index contributed by atoms with van der Waals surface area (Å²) < 4.78 is 80.6. The third-order valence-electron chi connectivity index (χ3n) is 5.81. The van der Waals surface area contributed by atoms with Gasteiger partial charge in [0.15, 0.2) is 0 Å². The zero-order valence-electron chi connectivity index (χ0n) is 18.2. The lowest BCUT2D eigenvalue weighted by atomic mass is 10.1. The first-order chi connectivity index (χ1) is 15.6. The van der Waals surface area contributed by atoms with Crippen molar-refractivity contribution in [2.45, 2.75) is 38.3 Å². The van der Waals surface area contributed by atoms with E-state index >= 15 is 0 Å². The van der Waals surface area contributed by atoms with Crippen LogP contribution in [0.2, 0.25) is 0 Å². The van der Waals surface area contributed by atoms with Gasteiger partial charge in [-0.15, -0.1) is 0 Å². The molecule has 1 aromatic carbocycles. The lowest BCUT2D eigenvalue weighted by molar-refractivity contribution is -0.138. The van der Waals surface area contributed by atoms with Crippen LogP contribution >= 0.6 is 15.9 Å². The van der Waals surface area contributed by atoms with Crippen LogP contribution in [0.15, 0.2) is 33.7 Å². The number of amides is 1. The zero-order valence-corrected chi connectivity index (χ0v) is 19.8. The maximum Gasteiger partial charge on any atom is 0.417 e. The second-order valence-electron chi connectivity index (χ2n) is 8.19. The van der Waals surface area contributed by atoms with Gasteiger partial charge in [-0.3, -0.25) is 14.5 Å². The molecule has 0 saturated carbocycles. The second-order valence-corrected chi connectivity index (χ2v) is 9.05. The molecule has 2 atom stereocenters. The molecule has 0 radical (unpaired) electrons. The van der Waals surface area contributed by atoms with Crippen molar-refractivity contribution in [2.75, 3.05) is 30.4 Å². The number of hydrogen-bond acceptors (Lipinski definition) is 4. The van der Waals surface area contributed by atoms with E-state index in [2.05, 4.69) is 21.2 Å². The molecule has 13 heteroatoms. The molecule has 1 saturated heterocycles. The van der Waals surface area contributed by atoms with E-state index in [9.17, 15) is 35.9 Å². The van der Waals surface area contributed by atoms with Crippen LogP contribution in [0.5, 0.6) is 0 Å². The predicted octanol–water partition coefficient (Wildman–Crippen LogP) is 4.96. The van der Waals surface area contributed by atoms with Gasteiger partial charge < -0.3 is 15.2 Å². The van der Waals surface area contributed by atoms with E-state index in [0.717, 1.165) is 12.1 Å². The van der Waals surface area contributed by atoms with E-state index in [1.807, 2.05) is 30.8 Å².